The van der Waals surface area contributed by atoms with Crippen LogP contribution >= 0.6 is 11.8 Å². The highest BCUT2D eigenvalue weighted by Gasteiger charge is 2.12. The fraction of sp³-hybridized carbons (Fsp3) is 0.727. The van der Waals surface area contributed by atoms with Crippen molar-refractivity contribution in [3.05, 3.63) is 11.8 Å². The van der Waals surface area contributed by atoms with E-state index in [0.717, 1.165) is 17.2 Å². The first-order chi connectivity index (χ1) is 6.42. The van der Waals surface area contributed by atoms with Gasteiger partial charge in [0, 0.05) is 18.5 Å². The lowest BCUT2D eigenvalue weighted by Crippen LogP contribution is -2.08. The number of aromatic nitrogens is 2. The topological polar surface area (TPSA) is 17.8 Å². The summed E-state index contributed by atoms with van der Waals surface area (Å²) >= 11 is 1.85. The van der Waals surface area contributed by atoms with E-state index in [1.165, 1.54) is 5.69 Å². The van der Waals surface area contributed by atoms with Gasteiger partial charge in [0.25, 0.3) is 0 Å². The number of rotatable bonds is 3. The Balaban J connectivity index is 2.60. The third-order valence-electron chi connectivity index (χ3n) is 1.97. The van der Waals surface area contributed by atoms with Crippen molar-refractivity contribution in [3.8, 4) is 0 Å². The molecule has 2 nitrogen and oxygen atoms in total. The van der Waals surface area contributed by atoms with E-state index in [0.29, 0.717) is 5.41 Å². The van der Waals surface area contributed by atoms with Crippen LogP contribution < -0.4 is 0 Å². The Morgan fingerprint density at radius 1 is 1.43 bits per heavy atom. The summed E-state index contributed by atoms with van der Waals surface area (Å²) in [5, 5.41) is 5.62. The van der Waals surface area contributed by atoms with Crippen LogP contribution in [0.15, 0.2) is 11.1 Å². The highest BCUT2D eigenvalue weighted by Crippen LogP contribution is 2.26. The molecule has 3 heteroatoms. The molecule has 1 aromatic heterocycles. The second kappa shape index (κ2) is 4.39. The minimum Gasteiger partial charge on any atom is -0.272 e. The lowest BCUT2D eigenvalue weighted by atomic mass is 10.0. The van der Waals surface area contributed by atoms with E-state index in [2.05, 4.69) is 38.9 Å². The van der Waals surface area contributed by atoms with E-state index < -0.39 is 0 Å². The molecular weight excluding hydrogens is 192 g/mol. The standard InChI is InChI=1S/C11H20N2S/c1-6-9-7-10(12-13(9)5)14-8-11(2,3)4/h7H,6,8H2,1-5H3. The van der Waals surface area contributed by atoms with E-state index in [4.69, 9.17) is 0 Å². The summed E-state index contributed by atoms with van der Waals surface area (Å²) < 4.78 is 1.98. The number of thioether (sulfide) groups is 1. The van der Waals surface area contributed by atoms with Crippen molar-refractivity contribution in [2.45, 2.75) is 39.1 Å². The number of aryl methyl sites for hydroxylation is 2. The number of hydrogen-bond donors (Lipinski definition) is 0. The van der Waals surface area contributed by atoms with Gasteiger partial charge in [-0.1, -0.05) is 27.7 Å². The molecule has 0 saturated heterocycles. The van der Waals surface area contributed by atoms with Gasteiger partial charge < -0.3 is 0 Å². The van der Waals surface area contributed by atoms with Crippen molar-refractivity contribution in [2.24, 2.45) is 12.5 Å². The van der Waals surface area contributed by atoms with Crippen LogP contribution in [0.1, 0.15) is 33.4 Å². The van der Waals surface area contributed by atoms with Crippen LogP contribution in [0.2, 0.25) is 0 Å². The second-order valence-corrected chi connectivity index (χ2v) is 5.80. The molecule has 0 aromatic carbocycles. The molecule has 1 aromatic rings. The third kappa shape index (κ3) is 3.37. The summed E-state index contributed by atoms with van der Waals surface area (Å²) in [5.41, 5.74) is 1.68. The zero-order valence-corrected chi connectivity index (χ0v) is 10.6. The van der Waals surface area contributed by atoms with Crippen LogP contribution in [0.3, 0.4) is 0 Å². The van der Waals surface area contributed by atoms with Crippen LogP contribution in [-0.4, -0.2) is 15.5 Å². The van der Waals surface area contributed by atoms with Gasteiger partial charge in [-0.15, -0.1) is 11.8 Å². The van der Waals surface area contributed by atoms with Crippen molar-refractivity contribution >= 4 is 11.8 Å². The fourth-order valence-corrected chi connectivity index (χ4v) is 2.15. The van der Waals surface area contributed by atoms with Crippen molar-refractivity contribution in [3.63, 3.8) is 0 Å². The van der Waals surface area contributed by atoms with Crippen LogP contribution in [-0.2, 0) is 13.5 Å². The highest BCUT2D eigenvalue weighted by molar-refractivity contribution is 7.99. The minimum atomic E-state index is 0.370. The highest BCUT2D eigenvalue weighted by atomic mass is 32.2. The molecule has 0 saturated carbocycles. The molecule has 80 valence electrons. The van der Waals surface area contributed by atoms with Crippen molar-refractivity contribution in [1.82, 2.24) is 9.78 Å². The van der Waals surface area contributed by atoms with E-state index in [1.54, 1.807) is 0 Å². The van der Waals surface area contributed by atoms with Crippen LogP contribution in [0.5, 0.6) is 0 Å². The summed E-state index contributed by atoms with van der Waals surface area (Å²) in [4.78, 5) is 0. The maximum atomic E-state index is 4.46. The molecule has 0 aliphatic rings. The average molecular weight is 212 g/mol. The third-order valence-corrected chi connectivity index (χ3v) is 3.48. The Bertz CT molecular complexity index is 297. The van der Waals surface area contributed by atoms with Crippen LogP contribution in [0, 0.1) is 5.41 Å². The molecule has 1 rings (SSSR count). The van der Waals surface area contributed by atoms with Gasteiger partial charge in [-0.3, -0.25) is 4.68 Å². The Labute approximate surface area is 91.1 Å². The zero-order chi connectivity index (χ0) is 10.8. The Hall–Kier alpha value is -0.440. The molecule has 0 bridgehead atoms. The minimum absolute atomic E-state index is 0.370. The van der Waals surface area contributed by atoms with E-state index in [1.807, 2.05) is 23.5 Å². The Morgan fingerprint density at radius 2 is 2.07 bits per heavy atom. The summed E-state index contributed by atoms with van der Waals surface area (Å²) in [6, 6.07) is 2.19. The molecule has 0 unspecified atom stereocenters. The predicted molar refractivity (Wildman–Crippen MR) is 62.8 cm³/mol. The molecule has 0 amide bonds. The molecule has 0 atom stereocenters. The normalized spacial score (nSPS) is 12.1. The molecule has 0 N–H and O–H groups in total. The predicted octanol–water partition coefficient (Wildman–Crippen LogP) is 3.12. The average Bonchev–Trinajstić information content (AvgIpc) is 2.42. The summed E-state index contributed by atoms with van der Waals surface area (Å²) in [6.45, 7) is 8.92. The summed E-state index contributed by atoms with van der Waals surface area (Å²) in [5.74, 6) is 1.12. The molecule has 0 aliphatic carbocycles. The van der Waals surface area contributed by atoms with Gasteiger partial charge >= 0.3 is 0 Å². The van der Waals surface area contributed by atoms with Gasteiger partial charge in [-0.05, 0) is 17.9 Å². The van der Waals surface area contributed by atoms with Crippen molar-refractivity contribution in [1.29, 1.82) is 0 Å². The fourth-order valence-electron chi connectivity index (χ4n) is 1.17. The molecular formula is C11H20N2S. The summed E-state index contributed by atoms with van der Waals surface area (Å²) in [7, 11) is 2.01. The lowest BCUT2D eigenvalue weighted by Gasteiger charge is -2.15. The monoisotopic (exact) mass is 212 g/mol. The van der Waals surface area contributed by atoms with E-state index in [-0.39, 0.29) is 0 Å². The van der Waals surface area contributed by atoms with Crippen molar-refractivity contribution in [2.75, 3.05) is 5.75 Å². The van der Waals surface area contributed by atoms with Gasteiger partial charge in [-0.2, -0.15) is 5.10 Å². The lowest BCUT2D eigenvalue weighted by molar-refractivity contribution is 0.480. The number of hydrogen-bond acceptors (Lipinski definition) is 2. The second-order valence-electron chi connectivity index (χ2n) is 4.80. The van der Waals surface area contributed by atoms with Gasteiger partial charge in [0.1, 0.15) is 5.03 Å². The molecule has 1 heterocycles. The first kappa shape index (κ1) is 11.6. The first-order valence-electron chi connectivity index (χ1n) is 5.08. The molecule has 0 radical (unpaired) electrons. The van der Waals surface area contributed by atoms with Gasteiger partial charge in [0.15, 0.2) is 0 Å². The maximum absolute atomic E-state index is 4.46. The smallest absolute Gasteiger partial charge is 0.118 e. The van der Waals surface area contributed by atoms with E-state index in [9.17, 15) is 0 Å². The largest absolute Gasteiger partial charge is 0.272 e. The number of nitrogens with zero attached hydrogens (tertiary/aromatic N) is 2. The van der Waals surface area contributed by atoms with Gasteiger partial charge in [-0.25, -0.2) is 0 Å². The summed E-state index contributed by atoms with van der Waals surface area (Å²) in [6.07, 6.45) is 1.06. The SMILES string of the molecule is CCc1cc(SCC(C)(C)C)nn1C. The van der Waals surface area contributed by atoms with Gasteiger partial charge in [0.05, 0.1) is 0 Å². The molecule has 0 fully saturated rings. The molecule has 0 spiro atoms. The molecule has 0 aliphatic heterocycles. The van der Waals surface area contributed by atoms with E-state index >= 15 is 0 Å². The van der Waals surface area contributed by atoms with Crippen LogP contribution in [0.4, 0.5) is 0 Å². The van der Waals surface area contributed by atoms with Crippen LogP contribution in [0.25, 0.3) is 0 Å². The van der Waals surface area contributed by atoms with Crippen molar-refractivity contribution < 1.29 is 0 Å². The quantitative estimate of drug-likeness (QED) is 0.716. The maximum Gasteiger partial charge on any atom is 0.118 e. The Morgan fingerprint density at radius 3 is 2.50 bits per heavy atom. The molecule has 14 heavy (non-hydrogen) atoms. The Kier molecular flexibility index (Phi) is 3.65. The van der Waals surface area contributed by atoms with Gasteiger partial charge in [0.2, 0.25) is 0 Å². The zero-order valence-electron chi connectivity index (χ0n) is 9.79. The first-order valence-corrected chi connectivity index (χ1v) is 6.06.